The van der Waals surface area contributed by atoms with Crippen molar-refractivity contribution in [3.63, 3.8) is 0 Å². The molecule has 0 aromatic rings. The number of hydrogen-bond acceptors (Lipinski definition) is 4. The first-order valence-corrected chi connectivity index (χ1v) is 6.14. The molecule has 0 spiro atoms. The second-order valence-corrected chi connectivity index (χ2v) is 5.32. The second kappa shape index (κ2) is 5.96. The van der Waals surface area contributed by atoms with E-state index in [9.17, 15) is 0 Å². The van der Waals surface area contributed by atoms with Crippen LogP contribution in [0.4, 0.5) is 0 Å². The minimum Gasteiger partial charge on any atom is -0.383 e. The molecular formula is C12H27N3O. The summed E-state index contributed by atoms with van der Waals surface area (Å²) >= 11 is 0. The lowest BCUT2D eigenvalue weighted by Gasteiger charge is -2.45. The van der Waals surface area contributed by atoms with Crippen LogP contribution in [-0.4, -0.2) is 68.8 Å². The van der Waals surface area contributed by atoms with Crippen LogP contribution in [0.3, 0.4) is 0 Å². The molecule has 4 heteroatoms. The van der Waals surface area contributed by atoms with Gasteiger partial charge in [-0.25, -0.2) is 0 Å². The van der Waals surface area contributed by atoms with Gasteiger partial charge in [-0.2, -0.15) is 0 Å². The van der Waals surface area contributed by atoms with Crippen molar-refractivity contribution >= 4 is 0 Å². The third kappa shape index (κ3) is 3.17. The molecule has 1 fully saturated rings. The van der Waals surface area contributed by atoms with E-state index in [0.29, 0.717) is 6.54 Å². The number of ether oxygens (including phenoxy) is 1. The van der Waals surface area contributed by atoms with Crippen LogP contribution < -0.4 is 5.73 Å². The summed E-state index contributed by atoms with van der Waals surface area (Å²) in [5.74, 6) is 0. The van der Waals surface area contributed by atoms with Crippen LogP contribution >= 0.6 is 0 Å². The highest BCUT2D eigenvalue weighted by atomic mass is 16.5. The Labute approximate surface area is 99.7 Å². The molecule has 1 rings (SSSR count). The first-order valence-electron chi connectivity index (χ1n) is 6.14. The molecule has 1 saturated heterocycles. The van der Waals surface area contributed by atoms with Crippen molar-refractivity contribution in [1.82, 2.24) is 9.80 Å². The van der Waals surface area contributed by atoms with Gasteiger partial charge in [-0.05, 0) is 33.9 Å². The first-order chi connectivity index (χ1) is 7.53. The van der Waals surface area contributed by atoms with E-state index in [0.717, 1.165) is 25.7 Å². The van der Waals surface area contributed by atoms with Crippen LogP contribution in [0, 0.1) is 0 Å². The molecule has 0 aromatic carbocycles. The normalized spacial score (nSPS) is 23.6. The third-order valence-corrected chi connectivity index (χ3v) is 3.85. The Bertz CT molecular complexity index is 202. The Balaban J connectivity index is 2.51. The summed E-state index contributed by atoms with van der Waals surface area (Å²) in [4.78, 5) is 4.81. The fourth-order valence-electron chi connectivity index (χ4n) is 2.51. The minimum absolute atomic E-state index is 0.00598. The average Bonchev–Trinajstić information content (AvgIpc) is 2.29. The van der Waals surface area contributed by atoms with Crippen LogP contribution in [0.15, 0.2) is 0 Å². The van der Waals surface area contributed by atoms with Gasteiger partial charge in [0, 0.05) is 32.8 Å². The van der Waals surface area contributed by atoms with Crippen LogP contribution in [0.25, 0.3) is 0 Å². The predicted molar refractivity (Wildman–Crippen MR) is 67.6 cm³/mol. The van der Waals surface area contributed by atoms with E-state index in [4.69, 9.17) is 10.5 Å². The SMILES string of the molecule is COCC(C)(CN)N1CCC(N(C)C)CC1. The van der Waals surface area contributed by atoms with Gasteiger partial charge in [0.05, 0.1) is 12.1 Å². The maximum absolute atomic E-state index is 5.89. The number of hydrogen-bond donors (Lipinski definition) is 1. The Morgan fingerprint density at radius 3 is 2.31 bits per heavy atom. The van der Waals surface area contributed by atoms with Crippen molar-refractivity contribution in [2.24, 2.45) is 5.73 Å². The Kier molecular flexibility index (Phi) is 5.18. The molecule has 2 N–H and O–H groups in total. The van der Waals surface area contributed by atoms with Gasteiger partial charge in [0.1, 0.15) is 0 Å². The maximum atomic E-state index is 5.89. The van der Waals surface area contributed by atoms with Gasteiger partial charge >= 0.3 is 0 Å². The van der Waals surface area contributed by atoms with Gasteiger partial charge in [-0.1, -0.05) is 0 Å². The van der Waals surface area contributed by atoms with E-state index in [1.807, 2.05) is 0 Å². The van der Waals surface area contributed by atoms with Gasteiger partial charge in [0.2, 0.25) is 0 Å². The molecule has 1 heterocycles. The van der Waals surface area contributed by atoms with Crippen LogP contribution in [0.2, 0.25) is 0 Å². The second-order valence-electron chi connectivity index (χ2n) is 5.32. The molecule has 1 unspecified atom stereocenters. The fourth-order valence-corrected chi connectivity index (χ4v) is 2.51. The third-order valence-electron chi connectivity index (χ3n) is 3.85. The maximum Gasteiger partial charge on any atom is 0.0656 e. The number of methoxy groups -OCH3 is 1. The van der Waals surface area contributed by atoms with Crippen molar-refractivity contribution in [2.75, 3.05) is 47.4 Å². The molecular weight excluding hydrogens is 202 g/mol. The lowest BCUT2D eigenvalue weighted by molar-refractivity contribution is 0.00218. The van der Waals surface area contributed by atoms with Crippen molar-refractivity contribution in [3.05, 3.63) is 0 Å². The molecule has 96 valence electrons. The van der Waals surface area contributed by atoms with Gasteiger partial charge in [-0.3, -0.25) is 4.90 Å². The van der Waals surface area contributed by atoms with E-state index >= 15 is 0 Å². The zero-order valence-corrected chi connectivity index (χ0v) is 11.2. The van der Waals surface area contributed by atoms with E-state index in [2.05, 4.69) is 30.8 Å². The monoisotopic (exact) mass is 229 g/mol. The number of piperidine rings is 1. The summed E-state index contributed by atoms with van der Waals surface area (Å²) in [6.07, 6.45) is 2.46. The Morgan fingerprint density at radius 2 is 1.94 bits per heavy atom. The van der Waals surface area contributed by atoms with E-state index in [1.54, 1.807) is 7.11 Å². The van der Waals surface area contributed by atoms with E-state index < -0.39 is 0 Å². The number of nitrogens with two attached hydrogens (primary N) is 1. The predicted octanol–water partition coefficient (Wildman–Crippen LogP) is 0.376. The average molecular weight is 229 g/mol. The smallest absolute Gasteiger partial charge is 0.0656 e. The summed E-state index contributed by atoms with van der Waals surface area (Å²) < 4.78 is 5.29. The number of rotatable bonds is 5. The van der Waals surface area contributed by atoms with Gasteiger partial charge in [0.15, 0.2) is 0 Å². The Morgan fingerprint density at radius 1 is 1.38 bits per heavy atom. The molecule has 0 radical (unpaired) electrons. The topological polar surface area (TPSA) is 41.7 Å². The van der Waals surface area contributed by atoms with Crippen molar-refractivity contribution in [1.29, 1.82) is 0 Å². The van der Waals surface area contributed by atoms with Crippen molar-refractivity contribution in [3.8, 4) is 0 Å². The molecule has 1 aliphatic heterocycles. The molecule has 4 nitrogen and oxygen atoms in total. The van der Waals surface area contributed by atoms with Crippen molar-refractivity contribution < 1.29 is 4.74 Å². The summed E-state index contributed by atoms with van der Waals surface area (Å²) in [6, 6.07) is 0.723. The minimum atomic E-state index is 0.00598. The van der Waals surface area contributed by atoms with Crippen LogP contribution in [0.1, 0.15) is 19.8 Å². The molecule has 0 saturated carbocycles. The van der Waals surface area contributed by atoms with Crippen LogP contribution in [0.5, 0.6) is 0 Å². The van der Waals surface area contributed by atoms with E-state index in [-0.39, 0.29) is 5.54 Å². The molecule has 0 amide bonds. The highest BCUT2D eigenvalue weighted by Crippen LogP contribution is 2.22. The molecule has 0 bridgehead atoms. The lowest BCUT2D eigenvalue weighted by atomic mass is 9.95. The standard InChI is InChI=1S/C12H27N3O/c1-12(9-13,10-16-4)15-7-5-11(6-8-15)14(2)3/h11H,5-10,13H2,1-4H3. The van der Waals surface area contributed by atoms with Crippen molar-refractivity contribution in [2.45, 2.75) is 31.3 Å². The molecule has 1 aliphatic rings. The summed E-state index contributed by atoms with van der Waals surface area (Å²) in [5, 5.41) is 0. The van der Waals surface area contributed by atoms with Gasteiger partial charge in [-0.15, -0.1) is 0 Å². The molecule has 16 heavy (non-hydrogen) atoms. The number of nitrogens with zero attached hydrogens (tertiary/aromatic N) is 2. The lowest BCUT2D eigenvalue weighted by Crippen LogP contribution is -2.58. The van der Waals surface area contributed by atoms with Gasteiger partial charge in [0.25, 0.3) is 0 Å². The number of likely N-dealkylation sites (tertiary alicyclic amines) is 1. The van der Waals surface area contributed by atoms with Crippen LogP contribution in [-0.2, 0) is 4.74 Å². The highest BCUT2D eigenvalue weighted by molar-refractivity contribution is 4.91. The Hall–Kier alpha value is -0.160. The summed E-state index contributed by atoms with van der Waals surface area (Å²) in [7, 11) is 6.08. The van der Waals surface area contributed by atoms with E-state index in [1.165, 1.54) is 12.8 Å². The molecule has 0 aliphatic carbocycles. The largest absolute Gasteiger partial charge is 0.383 e. The fraction of sp³-hybridized carbons (Fsp3) is 1.00. The molecule has 0 aromatic heterocycles. The van der Waals surface area contributed by atoms with Gasteiger partial charge < -0.3 is 15.4 Å². The summed E-state index contributed by atoms with van der Waals surface area (Å²) in [5.41, 5.74) is 5.89. The zero-order valence-electron chi connectivity index (χ0n) is 11.2. The molecule has 1 atom stereocenters. The zero-order chi connectivity index (χ0) is 12.2. The quantitative estimate of drug-likeness (QED) is 0.740. The first kappa shape index (κ1) is 13.9. The summed E-state index contributed by atoms with van der Waals surface area (Å²) in [6.45, 7) is 5.83. The highest BCUT2D eigenvalue weighted by Gasteiger charge is 2.33.